The molecule has 1 aliphatic heterocycles. The molecule has 2 aromatic rings. The summed E-state index contributed by atoms with van der Waals surface area (Å²) in [6, 6.07) is 4.69. The van der Waals surface area contributed by atoms with Crippen molar-refractivity contribution in [1.82, 2.24) is 15.1 Å². The van der Waals surface area contributed by atoms with Gasteiger partial charge in [0.25, 0.3) is 0 Å². The number of benzene rings is 1. The van der Waals surface area contributed by atoms with E-state index < -0.39 is 11.7 Å². The van der Waals surface area contributed by atoms with E-state index in [9.17, 15) is 18.0 Å². The maximum Gasteiger partial charge on any atom is 0.416 e. The van der Waals surface area contributed by atoms with Crippen LogP contribution in [-0.4, -0.2) is 28.3 Å². The standard InChI is InChI=1S/C16H17F3N4O/c1-2-14-13(22-12-6-7-20-15(12)24)9-21-23(14)11-5-3-4-10(8-11)16(17,18)19/h3-5,8-9,12,22H,2,6-7H2,1H3,(H,20,24)/t12-/m0/s1. The largest absolute Gasteiger partial charge is 0.416 e. The predicted octanol–water partition coefficient (Wildman–Crippen LogP) is 2.75. The van der Waals surface area contributed by atoms with Crippen molar-refractivity contribution in [3.8, 4) is 5.69 Å². The van der Waals surface area contributed by atoms with Crippen molar-refractivity contribution in [3.63, 3.8) is 0 Å². The van der Waals surface area contributed by atoms with Crippen molar-refractivity contribution in [2.24, 2.45) is 0 Å². The number of nitrogens with zero attached hydrogens (tertiary/aromatic N) is 2. The van der Waals surface area contributed by atoms with E-state index in [1.54, 1.807) is 12.3 Å². The summed E-state index contributed by atoms with van der Waals surface area (Å²) in [4.78, 5) is 11.7. The Hall–Kier alpha value is -2.51. The van der Waals surface area contributed by atoms with Gasteiger partial charge in [-0.1, -0.05) is 13.0 Å². The van der Waals surface area contributed by atoms with Crippen LogP contribution in [0.1, 0.15) is 24.6 Å². The van der Waals surface area contributed by atoms with E-state index in [-0.39, 0.29) is 11.9 Å². The highest BCUT2D eigenvalue weighted by Crippen LogP contribution is 2.31. The maximum absolute atomic E-state index is 12.9. The van der Waals surface area contributed by atoms with Crippen molar-refractivity contribution in [3.05, 3.63) is 41.7 Å². The predicted molar refractivity (Wildman–Crippen MR) is 83.0 cm³/mol. The Morgan fingerprint density at radius 1 is 1.42 bits per heavy atom. The fraction of sp³-hybridized carbons (Fsp3) is 0.375. The summed E-state index contributed by atoms with van der Waals surface area (Å²) in [6.45, 7) is 2.50. The van der Waals surface area contributed by atoms with Gasteiger partial charge >= 0.3 is 6.18 Å². The molecular weight excluding hydrogens is 321 g/mol. The van der Waals surface area contributed by atoms with E-state index in [0.717, 1.165) is 17.8 Å². The number of rotatable bonds is 4. The molecule has 3 rings (SSSR count). The van der Waals surface area contributed by atoms with Gasteiger partial charge in [0.2, 0.25) is 5.91 Å². The van der Waals surface area contributed by atoms with Crippen molar-refractivity contribution >= 4 is 11.6 Å². The molecule has 0 unspecified atom stereocenters. The van der Waals surface area contributed by atoms with E-state index in [2.05, 4.69) is 15.7 Å². The van der Waals surface area contributed by atoms with Crippen molar-refractivity contribution in [2.45, 2.75) is 32.0 Å². The summed E-state index contributed by atoms with van der Waals surface area (Å²) < 4.78 is 40.2. The number of halogens is 3. The van der Waals surface area contributed by atoms with Crippen LogP contribution in [0.4, 0.5) is 18.9 Å². The van der Waals surface area contributed by atoms with Crippen LogP contribution in [0.5, 0.6) is 0 Å². The van der Waals surface area contributed by atoms with E-state index in [4.69, 9.17) is 0 Å². The zero-order valence-electron chi connectivity index (χ0n) is 13.0. The van der Waals surface area contributed by atoms with Gasteiger partial charge in [0.15, 0.2) is 0 Å². The summed E-state index contributed by atoms with van der Waals surface area (Å²) in [5.41, 5.74) is 1.01. The molecule has 0 spiro atoms. The lowest BCUT2D eigenvalue weighted by Crippen LogP contribution is -2.29. The minimum absolute atomic E-state index is 0.0797. The summed E-state index contributed by atoms with van der Waals surface area (Å²) in [5, 5.41) is 10.1. The molecule has 1 fully saturated rings. The molecule has 5 nitrogen and oxygen atoms in total. The molecule has 0 saturated carbocycles. The molecule has 0 radical (unpaired) electrons. The van der Waals surface area contributed by atoms with E-state index in [1.807, 2.05) is 6.92 Å². The third-order valence-corrected chi connectivity index (χ3v) is 4.00. The zero-order valence-corrected chi connectivity index (χ0v) is 13.0. The maximum atomic E-state index is 12.9. The minimum atomic E-state index is -4.40. The molecule has 2 heterocycles. The third-order valence-electron chi connectivity index (χ3n) is 4.00. The van der Waals surface area contributed by atoms with Gasteiger partial charge in [-0.2, -0.15) is 18.3 Å². The quantitative estimate of drug-likeness (QED) is 0.901. The number of nitrogens with one attached hydrogen (secondary N) is 2. The second-order valence-corrected chi connectivity index (χ2v) is 5.60. The third kappa shape index (κ3) is 3.08. The van der Waals surface area contributed by atoms with Gasteiger partial charge in [-0.3, -0.25) is 4.79 Å². The SMILES string of the molecule is CCc1c(N[C@H]2CCNC2=O)cnn1-c1cccc(C(F)(F)F)c1. The number of alkyl halides is 3. The molecule has 1 aliphatic rings. The molecule has 1 saturated heterocycles. The molecule has 1 aromatic heterocycles. The highest BCUT2D eigenvalue weighted by molar-refractivity contribution is 5.86. The second kappa shape index (κ2) is 6.18. The average molecular weight is 338 g/mol. The number of carbonyl (C=O) groups excluding carboxylic acids is 1. The van der Waals surface area contributed by atoms with E-state index in [1.165, 1.54) is 10.7 Å². The molecule has 0 bridgehead atoms. The Bertz CT molecular complexity index is 754. The normalized spacial score (nSPS) is 17.8. The Labute approximate surface area is 136 Å². The van der Waals surface area contributed by atoms with Crippen molar-refractivity contribution in [1.29, 1.82) is 0 Å². The molecule has 8 heteroatoms. The fourth-order valence-corrected chi connectivity index (χ4v) is 2.79. The van der Waals surface area contributed by atoms with Crippen LogP contribution in [0.25, 0.3) is 5.69 Å². The Morgan fingerprint density at radius 2 is 2.21 bits per heavy atom. The van der Waals surface area contributed by atoms with E-state index >= 15 is 0 Å². The number of hydrogen-bond donors (Lipinski definition) is 2. The number of aromatic nitrogens is 2. The lowest BCUT2D eigenvalue weighted by molar-refractivity contribution is -0.137. The molecule has 1 atom stereocenters. The van der Waals surface area contributed by atoms with Gasteiger partial charge in [0.1, 0.15) is 6.04 Å². The van der Waals surface area contributed by atoms with Crippen LogP contribution in [0.15, 0.2) is 30.5 Å². The van der Waals surface area contributed by atoms with Gasteiger partial charge in [-0.15, -0.1) is 0 Å². The first-order valence-corrected chi connectivity index (χ1v) is 7.69. The number of carbonyl (C=O) groups is 1. The number of amides is 1. The first kappa shape index (κ1) is 16.4. The lowest BCUT2D eigenvalue weighted by Gasteiger charge is -2.13. The number of anilines is 1. The monoisotopic (exact) mass is 338 g/mol. The molecule has 24 heavy (non-hydrogen) atoms. The van der Waals surface area contributed by atoms with Crippen LogP contribution in [0, 0.1) is 0 Å². The first-order chi connectivity index (χ1) is 11.4. The van der Waals surface area contributed by atoms with Gasteiger partial charge < -0.3 is 10.6 Å². The Morgan fingerprint density at radius 3 is 2.83 bits per heavy atom. The molecular formula is C16H17F3N4O. The second-order valence-electron chi connectivity index (χ2n) is 5.60. The highest BCUT2D eigenvalue weighted by Gasteiger charge is 2.31. The van der Waals surface area contributed by atoms with Gasteiger partial charge in [0, 0.05) is 6.54 Å². The smallest absolute Gasteiger partial charge is 0.371 e. The van der Waals surface area contributed by atoms with E-state index in [0.29, 0.717) is 30.8 Å². The summed E-state index contributed by atoms with van der Waals surface area (Å²) >= 11 is 0. The summed E-state index contributed by atoms with van der Waals surface area (Å²) in [5.74, 6) is -0.0797. The van der Waals surface area contributed by atoms with Crippen LogP contribution in [-0.2, 0) is 17.4 Å². The lowest BCUT2D eigenvalue weighted by atomic mass is 10.2. The highest BCUT2D eigenvalue weighted by atomic mass is 19.4. The molecule has 0 aliphatic carbocycles. The topological polar surface area (TPSA) is 58.9 Å². The molecule has 1 aromatic carbocycles. The van der Waals surface area contributed by atoms with Crippen LogP contribution in [0.2, 0.25) is 0 Å². The molecule has 128 valence electrons. The average Bonchev–Trinajstić information content (AvgIpc) is 3.13. The Balaban J connectivity index is 1.93. The van der Waals surface area contributed by atoms with Crippen LogP contribution < -0.4 is 10.6 Å². The number of hydrogen-bond acceptors (Lipinski definition) is 3. The molecule has 1 amide bonds. The molecule has 2 N–H and O–H groups in total. The van der Waals surface area contributed by atoms with Crippen LogP contribution in [0.3, 0.4) is 0 Å². The Kier molecular flexibility index (Phi) is 4.21. The van der Waals surface area contributed by atoms with Crippen LogP contribution >= 0.6 is 0 Å². The van der Waals surface area contributed by atoms with Crippen molar-refractivity contribution < 1.29 is 18.0 Å². The fourth-order valence-electron chi connectivity index (χ4n) is 2.79. The zero-order chi connectivity index (χ0) is 17.3. The van der Waals surface area contributed by atoms with Crippen molar-refractivity contribution in [2.75, 3.05) is 11.9 Å². The van der Waals surface area contributed by atoms with Gasteiger partial charge in [-0.25, -0.2) is 4.68 Å². The summed E-state index contributed by atoms with van der Waals surface area (Å²) in [7, 11) is 0. The van der Waals surface area contributed by atoms with Gasteiger partial charge in [-0.05, 0) is 31.0 Å². The first-order valence-electron chi connectivity index (χ1n) is 7.69. The summed E-state index contributed by atoms with van der Waals surface area (Å²) in [6.07, 6.45) is -1.63. The minimum Gasteiger partial charge on any atom is -0.371 e. The van der Waals surface area contributed by atoms with Gasteiger partial charge in [0.05, 0.1) is 28.8 Å².